The molecule has 0 aliphatic heterocycles. The van der Waals surface area contributed by atoms with Gasteiger partial charge in [0.25, 0.3) is 0 Å². The second kappa shape index (κ2) is 4.40. The van der Waals surface area contributed by atoms with Gasteiger partial charge in [-0.1, -0.05) is 12.1 Å². The number of hydroxylamine groups is 1. The molecular weight excluding hydrogens is 197 g/mol. The summed E-state index contributed by atoms with van der Waals surface area (Å²) in [5, 5.41) is 0. The highest BCUT2D eigenvalue weighted by molar-refractivity contribution is 5.89. The number of halogens is 1. The van der Waals surface area contributed by atoms with Gasteiger partial charge in [0, 0.05) is 5.54 Å². The zero-order valence-corrected chi connectivity index (χ0v) is 9.00. The van der Waals surface area contributed by atoms with Crippen LogP contribution >= 0.6 is 0 Å². The smallest absolute Gasteiger partial charge is 0.359 e. The Morgan fingerprint density at radius 1 is 1.33 bits per heavy atom. The van der Waals surface area contributed by atoms with Crippen LogP contribution in [0.2, 0.25) is 0 Å². The van der Waals surface area contributed by atoms with Crippen LogP contribution in [-0.4, -0.2) is 11.5 Å². The third-order valence-corrected chi connectivity index (χ3v) is 1.54. The summed E-state index contributed by atoms with van der Waals surface area (Å²) in [7, 11) is 0. The minimum atomic E-state index is -0.719. The first-order valence-electron chi connectivity index (χ1n) is 4.63. The number of nitrogens with one attached hydrogen (secondary N) is 1. The zero-order valence-electron chi connectivity index (χ0n) is 9.00. The molecule has 0 aromatic heterocycles. The second-order valence-corrected chi connectivity index (χ2v) is 4.22. The van der Waals surface area contributed by atoms with Crippen LogP contribution in [0.25, 0.3) is 0 Å². The molecule has 1 N–H and O–H groups in total. The molecule has 0 unspecified atom stereocenters. The fraction of sp³-hybridized carbons (Fsp3) is 0.364. The summed E-state index contributed by atoms with van der Waals surface area (Å²) in [6.45, 7) is 5.50. The van der Waals surface area contributed by atoms with E-state index >= 15 is 0 Å². The Bertz CT molecular complexity index is 358. The van der Waals surface area contributed by atoms with E-state index in [9.17, 15) is 9.18 Å². The van der Waals surface area contributed by atoms with Crippen molar-refractivity contribution in [3.8, 4) is 0 Å². The molecular formula is C11H14FNO2. The number of carbonyl (C=O) groups is 1. The number of hydrogen-bond donors (Lipinski definition) is 1. The molecule has 0 radical (unpaired) electrons. The number of benzene rings is 1. The Morgan fingerprint density at radius 2 is 1.93 bits per heavy atom. The van der Waals surface area contributed by atoms with E-state index in [0.29, 0.717) is 0 Å². The number of rotatable bonds is 2. The minimum absolute atomic E-state index is 0.0748. The summed E-state index contributed by atoms with van der Waals surface area (Å²) in [6.07, 6.45) is 0. The third-order valence-electron chi connectivity index (χ3n) is 1.54. The van der Waals surface area contributed by atoms with Gasteiger partial charge < -0.3 is 4.84 Å². The fourth-order valence-corrected chi connectivity index (χ4v) is 0.881. The molecule has 0 spiro atoms. The predicted molar refractivity (Wildman–Crippen MR) is 54.7 cm³/mol. The Hall–Kier alpha value is -1.42. The maximum absolute atomic E-state index is 13.1. The molecule has 0 saturated heterocycles. The Kier molecular flexibility index (Phi) is 3.42. The molecule has 0 heterocycles. The quantitative estimate of drug-likeness (QED) is 0.763. The number of hydrogen-bond acceptors (Lipinski definition) is 3. The van der Waals surface area contributed by atoms with Crippen molar-refractivity contribution in [2.75, 3.05) is 0 Å². The summed E-state index contributed by atoms with van der Waals surface area (Å²) in [5.74, 6) is -1.30. The van der Waals surface area contributed by atoms with Gasteiger partial charge in [-0.3, -0.25) is 0 Å². The molecule has 1 aromatic rings. The monoisotopic (exact) mass is 211 g/mol. The highest BCUT2D eigenvalue weighted by Crippen LogP contribution is 2.08. The van der Waals surface area contributed by atoms with Gasteiger partial charge in [0.05, 0.1) is 5.56 Å². The molecule has 1 aromatic carbocycles. The van der Waals surface area contributed by atoms with Crippen molar-refractivity contribution in [2.24, 2.45) is 0 Å². The topological polar surface area (TPSA) is 38.3 Å². The van der Waals surface area contributed by atoms with E-state index in [1.807, 2.05) is 20.8 Å². The van der Waals surface area contributed by atoms with E-state index in [-0.39, 0.29) is 11.1 Å². The molecule has 0 saturated carbocycles. The van der Waals surface area contributed by atoms with Crippen molar-refractivity contribution in [3.63, 3.8) is 0 Å². The van der Waals surface area contributed by atoms with E-state index in [2.05, 4.69) is 5.48 Å². The van der Waals surface area contributed by atoms with Crippen LogP contribution < -0.4 is 5.48 Å². The summed E-state index contributed by atoms with van der Waals surface area (Å²) in [4.78, 5) is 16.1. The van der Waals surface area contributed by atoms with Gasteiger partial charge in [-0.25, -0.2) is 9.18 Å². The van der Waals surface area contributed by atoms with Crippen LogP contribution in [0, 0.1) is 5.82 Å². The summed E-state index contributed by atoms with van der Waals surface area (Å²) >= 11 is 0. The lowest BCUT2D eigenvalue weighted by Gasteiger charge is -2.19. The van der Waals surface area contributed by atoms with Crippen molar-refractivity contribution < 1.29 is 14.0 Å². The molecule has 4 heteroatoms. The first-order valence-corrected chi connectivity index (χ1v) is 4.63. The van der Waals surface area contributed by atoms with Crippen LogP contribution in [0.3, 0.4) is 0 Å². The molecule has 1 rings (SSSR count). The van der Waals surface area contributed by atoms with Gasteiger partial charge in [-0.15, -0.1) is 5.48 Å². The number of carbonyl (C=O) groups excluding carboxylic acids is 1. The first kappa shape index (κ1) is 11.7. The van der Waals surface area contributed by atoms with Crippen molar-refractivity contribution in [2.45, 2.75) is 26.3 Å². The molecule has 0 amide bonds. The van der Waals surface area contributed by atoms with Crippen molar-refractivity contribution in [3.05, 3.63) is 35.6 Å². The molecule has 82 valence electrons. The fourth-order valence-electron chi connectivity index (χ4n) is 0.881. The summed E-state index contributed by atoms with van der Waals surface area (Å²) in [6, 6.07) is 5.69. The van der Waals surface area contributed by atoms with Gasteiger partial charge in [0.1, 0.15) is 5.82 Å². The highest BCUT2D eigenvalue weighted by Gasteiger charge is 2.16. The second-order valence-electron chi connectivity index (χ2n) is 4.22. The van der Waals surface area contributed by atoms with Crippen LogP contribution in [0.4, 0.5) is 4.39 Å². The standard InChI is InChI=1S/C11H14FNO2/c1-11(2,3)13-15-10(14)8-6-4-5-7-9(8)12/h4-7,13H,1-3H3. The molecule has 0 bridgehead atoms. The molecule has 15 heavy (non-hydrogen) atoms. The van der Waals surface area contributed by atoms with E-state index in [1.165, 1.54) is 18.2 Å². The Balaban J connectivity index is 2.66. The van der Waals surface area contributed by atoms with Crippen molar-refractivity contribution in [1.82, 2.24) is 5.48 Å². The maximum atomic E-state index is 13.1. The first-order chi connectivity index (χ1) is 6.90. The summed E-state index contributed by atoms with van der Waals surface area (Å²) < 4.78 is 13.1. The van der Waals surface area contributed by atoms with Crippen LogP contribution in [0.5, 0.6) is 0 Å². The predicted octanol–water partition coefficient (Wildman–Crippen LogP) is 2.29. The average Bonchev–Trinajstić information content (AvgIpc) is 2.14. The molecule has 0 aliphatic carbocycles. The lowest BCUT2D eigenvalue weighted by atomic mass is 10.1. The molecule has 3 nitrogen and oxygen atoms in total. The normalized spacial score (nSPS) is 11.2. The zero-order chi connectivity index (χ0) is 11.5. The van der Waals surface area contributed by atoms with E-state index < -0.39 is 11.8 Å². The summed E-state index contributed by atoms with van der Waals surface area (Å²) in [5.41, 5.74) is 2.10. The van der Waals surface area contributed by atoms with Gasteiger partial charge in [0.2, 0.25) is 0 Å². The Morgan fingerprint density at radius 3 is 2.47 bits per heavy atom. The van der Waals surface area contributed by atoms with Crippen molar-refractivity contribution in [1.29, 1.82) is 0 Å². The van der Waals surface area contributed by atoms with Gasteiger partial charge in [0.15, 0.2) is 0 Å². The minimum Gasteiger partial charge on any atom is -0.366 e. The molecule has 0 fully saturated rings. The lowest BCUT2D eigenvalue weighted by Crippen LogP contribution is -2.37. The maximum Gasteiger partial charge on any atom is 0.359 e. The van der Waals surface area contributed by atoms with E-state index in [4.69, 9.17) is 4.84 Å². The molecule has 0 aliphatic rings. The highest BCUT2D eigenvalue weighted by atomic mass is 19.1. The Labute approximate surface area is 88.2 Å². The van der Waals surface area contributed by atoms with E-state index in [0.717, 1.165) is 0 Å². The van der Waals surface area contributed by atoms with Crippen LogP contribution in [0.1, 0.15) is 31.1 Å². The van der Waals surface area contributed by atoms with E-state index in [1.54, 1.807) is 6.07 Å². The van der Waals surface area contributed by atoms with Crippen molar-refractivity contribution >= 4 is 5.97 Å². The van der Waals surface area contributed by atoms with Gasteiger partial charge in [-0.05, 0) is 32.9 Å². The SMILES string of the molecule is CC(C)(C)NOC(=O)c1ccccc1F. The largest absolute Gasteiger partial charge is 0.366 e. The van der Waals surface area contributed by atoms with Gasteiger partial charge in [-0.2, -0.15) is 0 Å². The lowest BCUT2D eigenvalue weighted by molar-refractivity contribution is 0.00417. The van der Waals surface area contributed by atoms with Crippen LogP contribution in [0.15, 0.2) is 24.3 Å². The van der Waals surface area contributed by atoms with Crippen LogP contribution in [-0.2, 0) is 4.84 Å². The third kappa shape index (κ3) is 3.67. The molecule has 0 atom stereocenters. The van der Waals surface area contributed by atoms with Gasteiger partial charge >= 0.3 is 5.97 Å². The average molecular weight is 211 g/mol.